The third-order valence-corrected chi connectivity index (χ3v) is 5.78. The highest BCUT2D eigenvalue weighted by molar-refractivity contribution is 5.30. The fraction of sp³-hybridized carbons (Fsp3) is 0.750. The lowest BCUT2D eigenvalue weighted by Crippen LogP contribution is -2.57. The van der Waals surface area contributed by atoms with Crippen LogP contribution in [0.3, 0.4) is 0 Å². The maximum atomic E-state index is 5.89. The molecular weight excluding hydrogens is 234 g/mol. The maximum absolute atomic E-state index is 5.89. The van der Waals surface area contributed by atoms with E-state index in [0.29, 0.717) is 16.6 Å². The SMILES string of the molecule is CC12CC3CC(C)(C1)CC(c1nccc(N)n1)(C3)C2. The van der Waals surface area contributed by atoms with Gasteiger partial charge in [-0.1, -0.05) is 13.8 Å². The van der Waals surface area contributed by atoms with Gasteiger partial charge in [0.2, 0.25) is 0 Å². The fourth-order valence-corrected chi connectivity index (χ4v) is 6.33. The molecule has 5 rings (SSSR count). The normalized spacial score (nSPS) is 47.6. The Hall–Kier alpha value is -1.12. The maximum Gasteiger partial charge on any atom is 0.136 e. The highest BCUT2D eigenvalue weighted by Crippen LogP contribution is 2.69. The first-order valence-electron chi connectivity index (χ1n) is 7.50. The Labute approximate surface area is 115 Å². The summed E-state index contributed by atoms with van der Waals surface area (Å²) < 4.78 is 0. The zero-order chi connectivity index (χ0) is 13.3. The monoisotopic (exact) mass is 257 g/mol. The molecule has 19 heavy (non-hydrogen) atoms. The molecule has 0 aliphatic heterocycles. The molecule has 1 heterocycles. The Morgan fingerprint density at radius 2 is 1.79 bits per heavy atom. The zero-order valence-corrected chi connectivity index (χ0v) is 11.9. The highest BCUT2D eigenvalue weighted by Gasteiger charge is 2.61. The van der Waals surface area contributed by atoms with Gasteiger partial charge in [-0.15, -0.1) is 0 Å². The van der Waals surface area contributed by atoms with E-state index in [1.54, 1.807) is 6.07 Å². The van der Waals surface area contributed by atoms with Crippen LogP contribution in [-0.2, 0) is 5.41 Å². The third-order valence-electron chi connectivity index (χ3n) is 5.78. The predicted octanol–water partition coefficient (Wildman–Crippen LogP) is 3.31. The quantitative estimate of drug-likeness (QED) is 0.839. The molecule has 2 unspecified atom stereocenters. The van der Waals surface area contributed by atoms with Crippen LogP contribution >= 0.6 is 0 Å². The van der Waals surface area contributed by atoms with Crippen molar-refractivity contribution in [2.45, 2.75) is 57.8 Å². The van der Waals surface area contributed by atoms with Gasteiger partial charge in [-0.2, -0.15) is 0 Å². The number of hydrogen-bond donors (Lipinski definition) is 1. The number of anilines is 1. The van der Waals surface area contributed by atoms with E-state index < -0.39 is 0 Å². The van der Waals surface area contributed by atoms with Gasteiger partial charge in [0, 0.05) is 11.6 Å². The van der Waals surface area contributed by atoms with E-state index in [1.807, 2.05) is 6.20 Å². The zero-order valence-electron chi connectivity index (χ0n) is 11.9. The Morgan fingerprint density at radius 1 is 1.11 bits per heavy atom. The van der Waals surface area contributed by atoms with Crippen molar-refractivity contribution in [3.63, 3.8) is 0 Å². The second-order valence-corrected chi connectivity index (χ2v) is 8.22. The van der Waals surface area contributed by atoms with Crippen molar-refractivity contribution < 1.29 is 0 Å². The first-order chi connectivity index (χ1) is 8.91. The van der Waals surface area contributed by atoms with Crippen molar-refractivity contribution in [2.75, 3.05) is 5.73 Å². The van der Waals surface area contributed by atoms with Crippen molar-refractivity contribution in [1.82, 2.24) is 9.97 Å². The van der Waals surface area contributed by atoms with E-state index in [2.05, 4.69) is 23.8 Å². The Balaban J connectivity index is 1.83. The van der Waals surface area contributed by atoms with Crippen LogP contribution in [-0.4, -0.2) is 9.97 Å². The summed E-state index contributed by atoms with van der Waals surface area (Å²) in [6.45, 7) is 4.97. The van der Waals surface area contributed by atoms with Crippen LogP contribution in [0.25, 0.3) is 0 Å². The average molecular weight is 257 g/mol. The minimum atomic E-state index is 0.207. The summed E-state index contributed by atoms with van der Waals surface area (Å²) >= 11 is 0. The smallest absolute Gasteiger partial charge is 0.136 e. The molecule has 0 spiro atoms. The lowest BCUT2D eigenvalue weighted by Gasteiger charge is -2.64. The van der Waals surface area contributed by atoms with Gasteiger partial charge in [-0.25, -0.2) is 9.97 Å². The molecule has 4 aliphatic carbocycles. The molecule has 4 fully saturated rings. The van der Waals surface area contributed by atoms with Crippen LogP contribution in [0.1, 0.15) is 58.2 Å². The lowest BCUT2D eigenvalue weighted by atomic mass is 9.40. The van der Waals surface area contributed by atoms with Crippen molar-refractivity contribution in [2.24, 2.45) is 16.7 Å². The van der Waals surface area contributed by atoms with Gasteiger partial charge < -0.3 is 5.73 Å². The Kier molecular flexibility index (Phi) is 2.03. The van der Waals surface area contributed by atoms with Crippen molar-refractivity contribution in [3.8, 4) is 0 Å². The van der Waals surface area contributed by atoms with Crippen LogP contribution in [0.15, 0.2) is 12.3 Å². The topological polar surface area (TPSA) is 51.8 Å². The molecule has 3 nitrogen and oxygen atoms in total. The van der Waals surface area contributed by atoms with Gasteiger partial charge >= 0.3 is 0 Å². The van der Waals surface area contributed by atoms with E-state index in [1.165, 1.54) is 38.5 Å². The molecule has 2 atom stereocenters. The minimum Gasteiger partial charge on any atom is -0.384 e. The van der Waals surface area contributed by atoms with Crippen LogP contribution in [0.5, 0.6) is 0 Å². The molecule has 4 saturated carbocycles. The molecule has 4 bridgehead atoms. The van der Waals surface area contributed by atoms with Crippen molar-refractivity contribution in [1.29, 1.82) is 0 Å². The van der Waals surface area contributed by atoms with E-state index in [4.69, 9.17) is 5.73 Å². The largest absolute Gasteiger partial charge is 0.384 e. The van der Waals surface area contributed by atoms with Crippen LogP contribution in [0.4, 0.5) is 5.82 Å². The molecule has 4 aliphatic rings. The van der Waals surface area contributed by atoms with E-state index >= 15 is 0 Å². The number of rotatable bonds is 1. The van der Waals surface area contributed by atoms with Crippen LogP contribution < -0.4 is 5.73 Å². The van der Waals surface area contributed by atoms with Gasteiger partial charge in [0.15, 0.2) is 0 Å². The molecule has 2 N–H and O–H groups in total. The van der Waals surface area contributed by atoms with E-state index in [0.717, 1.165) is 11.7 Å². The Morgan fingerprint density at radius 3 is 2.37 bits per heavy atom. The van der Waals surface area contributed by atoms with Gasteiger partial charge in [-0.05, 0) is 61.3 Å². The van der Waals surface area contributed by atoms with Gasteiger partial charge in [-0.3, -0.25) is 0 Å². The van der Waals surface area contributed by atoms with Gasteiger partial charge in [0.25, 0.3) is 0 Å². The number of nitrogen functional groups attached to an aromatic ring is 1. The third kappa shape index (κ3) is 1.63. The molecule has 0 amide bonds. The highest BCUT2D eigenvalue weighted by atomic mass is 15.0. The summed E-state index contributed by atoms with van der Waals surface area (Å²) in [5.41, 5.74) is 7.10. The first-order valence-corrected chi connectivity index (χ1v) is 7.50. The summed E-state index contributed by atoms with van der Waals surface area (Å²) in [4.78, 5) is 9.19. The molecule has 102 valence electrons. The molecule has 3 heteroatoms. The fourth-order valence-electron chi connectivity index (χ4n) is 6.33. The van der Waals surface area contributed by atoms with Gasteiger partial charge in [0.1, 0.15) is 11.6 Å². The standard InChI is InChI=1S/C16H23N3/c1-14-5-11-6-15(2,8-14)10-16(7-11,9-14)13-18-4-3-12(17)19-13/h3-4,11H,5-10H2,1-2H3,(H2,17,18,19). The predicted molar refractivity (Wildman–Crippen MR) is 75.5 cm³/mol. The molecule has 0 radical (unpaired) electrons. The van der Waals surface area contributed by atoms with Crippen LogP contribution in [0, 0.1) is 16.7 Å². The Bertz CT molecular complexity index is 521. The summed E-state index contributed by atoms with van der Waals surface area (Å²) in [6.07, 6.45) is 9.84. The lowest BCUT2D eigenvalue weighted by molar-refractivity contribution is -0.112. The minimum absolute atomic E-state index is 0.207. The van der Waals surface area contributed by atoms with Crippen molar-refractivity contribution >= 4 is 5.82 Å². The molecule has 1 aromatic heterocycles. The molecule has 0 aromatic carbocycles. The molecular formula is C16H23N3. The average Bonchev–Trinajstić information content (AvgIpc) is 2.23. The first kappa shape index (κ1) is 11.7. The number of aromatic nitrogens is 2. The molecule has 1 aromatic rings. The molecule has 0 saturated heterocycles. The second kappa shape index (κ2) is 3.31. The number of nitrogens with zero attached hydrogens (tertiary/aromatic N) is 2. The number of nitrogens with two attached hydrogens (primary N) is 1. The van der Waals surface area contributed by atoms with E-state index in [-0.39, 0.29) is 5.41 Å². The summed E-state index contributed by atoms with van der Waals surface area (Å²) in [7, 11) is 0. The summed E-state index contributed by atoms with van der Waals surface area (Å²) in [5, 5.41) is 0. The summed E-state index contributed by atoms with van der Waals surface area (Å²) in [6, 6.07) is 1.80. The van der Waals surface area contributed by atoms with Crippen LogP contribution in [0.2, 0.25) is 0 Å². The van der Waals surface area contributed by atoms with Crippen molar-refractivity contribution in [3.05, 3.63) is 18.1 Å². The number of hydrogen-bond acceptors (Lipinski definition) is 3. The van der Waals surface area contributed by atoms with Gasteiger partial charge in [0.05, 0.1) is 0 Å². The second-order valence-electron chi connectivity index (χ2n) is 8.22. The van der Waals surface area contributed by atoms with E-state index in [9.17, 15) is 0 Å². The summed E-state index contributed by atoms with van der Waals surface area (Å²) in [5.74, 6) is 2.52.